The van der Waals surface area contributed by atoms with Crippen LogP contribution in [-0.2, 0) is 0 Å². The van der Waals surface area contributed by atoms with Gasteiger partial charge in [0.25, 0.3) is 5.91 Å². The summed E-state index contributed by atoms with van der Waals surface area (Å²) in [7, 11) is 0. The molecule has 0 atom stereocenters. The maximum Gasteiger partial charge on any atom is 0.274 e. The van der Waals surface area contributed by atoms with E-state index in [0.717, 1.165) is 44.2 Å². The van der Waals surface area contributed by atoms with Crippen LogP contribution in [0.15, 0.2) is 103 Å². The number of carbonyl (C=O) groups excluding carboxylic acids is 1. The van der Waals surface area contributed by atoms with E-state index in [1.54, 1.807) is 17.6 Å². The van der Waals surface area contributed by atoms with E-state index in [0.29, 0.717) is 23.7 Å². The van der Waals surface area contributed by atoms with Crippen LogP contribution < -0.4 is 15.5 Å². The van der Waals surface area contributed by atoms with Crippen LogP contribution >= 0.6 is 11.6 Å². The van der Waals surface area contributed by atoms with Crippen molar-refractivity contribution in [2.24, 2.45) is 0 Å². The Kier molecular flexibility index (Phi) is 7.31. The van der Waals surface area contributed by atoms with Crippen LogP contribution in [0.4, 0.5) is 5.69 Å². The van der Waals surface area contributed by atoms with Crippen LogP contribution in [0.3, 0.4) is 0 Å². The van der Waals surface area contributed by atoms with Gasteiger partial charge in [0.2, 0.25) is 0 Å². The molecule has 0 fully saturated rings. The van der Waals surface area contributed by atoms with Gasteiger partial charge < -0.3 is 10.1 Å². The molecular weight excluding hydrogens is 486 g/mol. The third-order valence-corrected chi connectivity index (χ3v) is 6.33. The van der Waals surface area contributed by atoms with Crippen molar-refractivity contribution >= 4 is 50.9 Å². The number of nitrogens with one attached hydrogen (secondary N) is 2. The van der Waals surface area contributed by atoms with Gasteiger partial charge in [0.05, 0.1) is 17.4 Å². The summed E-state index contributed by atoms with van der Waals surface area (Å²) in [6.07, 6.45) is 3.83. The molecule has 1 aromatic heterocycles. The predicted octanol–water partition coefficient (Wildman–Crippen LogP) is 6.73. The van der Waals surface area contributed by atoms with E-state index in [4.69, 9.17) is 21.5 Å². The molecule has 6 nitrogen and oxygen atoms in total. The standard InChI is InChI=1S/C30H24ClN3O3/c31-27-13-14-29(26-7-3-2-6-25(26)27)37-19-21(15-20-9-11-22(12-10-20)30(35)34-36)17-32-24-16-23-5-1-4-8-28(23)33-18-24/h1-16,18,32,36H,17,19H2,(H,34,35). The minimum atomic E-state index is -0.556. The number of pyridine rings is 1. The maximum absolute atomic E-state index is 11.7. The van der Waals surface area contributed by atoms with Crippen molar-refractivity contribution < 1.29 is 14.7 Å². The second kappa shape index (κ2) is 11.1. The second-order valence-corrected chi connectivity index (χ2v) is 8.92. The largest absolute Gasteiger partial charge is 0.489 e. The van der Waals surface area contributed by atoms with Gasteiger partial charge in [-0.1, -0.05) is 72.3 Å². The number of para-hydroxylation sites is 1. The molecule has 5 rings (SSSR count). The Morgan fingerprint density at radius 1 is 0.946 bits per heavy atom. The number of amides is 1. The minimum Gasteiger partial charge on any atom is -0.489 e. The van der Waals surface area contributed by atoms with Crippen LogP contribution in [0.25, 0.3) is 27.8 Å². The molecule has 0 unspecified atom stereocenters. The summed E-state index contributed by atoms with van der Waals surface area (Å²) >= 11 is 6.38. The average molecular weight is 510 g/mol. The van der Waals surface area contributed by atoms with Crippen LogP contribution in [0.2, 0.25) is 5.02 Å². The van der Waals surface area contributed by atoms with Gasteiger partial charge in [0, 0.05) is 33.3 Å². The number of hydroxylamine groups is 1. The first kappa shape index (κ1) is 24.3. The van der Waals surface area contributed by atoms with Gasteiger partial charge in [-0.05, 0) is 47.5 Å². The molecule has 5 aromatic rings. The molecule has 0 aliphatic heterocycles. The van der Waals surface area contributed by atoms with Crippen molar-refractivity contribution in [1.29, 1.82) is 0 Å². The SMILES string of the molecule is O=C(NO)c1ccc(C=C(CNc2cnc3ccccc3c2)COc2ccc(Cl)c3ccccc23)cc1. The van der Waals surface area contributed by atoms with Gasteiger partial charge in [0.1, 0.15) is 12.4 Å². The highest BCUT2D eigenvalue weighted by molar-refractivity contribution is 6.35. The van der Waals surface area contributed by atoms with Crippen molar-refractivity contribution in [3.63, 3.8) is 0 Å². The van der Waals surface area contributed by atoms with E-state index in [2.05, 4.69) is 16.4 Å². The maximum atomic E-state index is 11.7. The van der Waals surface area contributed by atoms with Crippen molar-refractivity contribution in [3.8, 4) is 5.75 Å². The Morgan fingerprint density at radius 3 is 2.51 bits per heavy atom. The third-order valence-electron chi connectivity index (χ3n) is 6.00. The predicted molar refractivity (Wildman–Crippen MR) is 148 cm³/mol. The van der Waals surface area contributed by atoms with Gasteiger partial charge in [-0.3, -0.25) is 15.0 Å². The summed E-state index contributed by atoms with van der Waals surface area (Å²) in [5.41, 5.74) is 5.73. The molecule has 37 heavy (non-hydrogen) atoms. The number of nitrogens with zero attached hydrogens (tertiary/aromatic N) is 1. The number of halogens is 1. The summed E-state index contributed by atoms with van der Waals surface area (Å²) < 4.78 is 6.27. The van der Waals surface area contributed by atoms with Gasteiger partial charge in [-0.25, -0.2) is 5.48 Å². The number of benzene rings is 4. The number of ether oxygens (including phenoxy) is 1. The van der Waals surface area contributed by atoms with Crippen molar-refractivity contribution in [2.75, 3.05) is 18.5 Å². The lowest BCUT2D eigenvalue weighted by atomic mass is 10.1. The lowest BCUT2D eigenvalue weighted by molar-refractivity contribution is 0.0706. The topological polar surface area (TPSA) is 83.5 Å². The van der Waals surface area contributed by atoms with Crippen LogP contribution in [-0.4, -0.2) is 29.3 Å². The molecule has 4 aromatic carbocycles. The lowest BCUT2D eigenvalue weighted by Crippen LogP contribution is -2.18. The molecule has 0 spiro atoms. The molecule has 3 N–H and O–H groups in total. The average Bonchev–Trinajstić information content (AvgIpc) is 2.95. The zero-order chi connectivity index (χ0) is 25.6. The van der Waals surface area contributed by atoms with Gasteiger partial charge in [-0.15, -0.1) is 0 Å². The molecule has 0 bridgehead atoms. The number of hydrogen-bond acceptors (Lipinski definition) is 5. The highest BCUT2D eigenvalue weighted by atomic mass is 35.5. The van der Waals surface area contributed by atoms with E-state index < -0.39 is 5.91 Å². The van der Waals surface area contributed by atoms with Gasteiger partial charge in [0.15, 0.2) is 0 Å². The third kappa shape index (κ3) is 5.72. The van der Waals surface area contributed by atoms with Gasteiger partial charge in [-0.2, -0.15) is 0 Å². The molecular formula is C30H24ClN3O3. The Balaban J connectivity index is 1.40. The van der Waals surface area contributed by atoms with E-state index >= 15 is 0 Å². The van der Waals surface area contributed by atoms with Crippen LogP contribution in [0.1, 0.15) is 15.9 Å². The normalized spacial score (nSPS) is 11.5. The highest BCUT2D eigenvalue weighted by Crippen LogP contribution is 2.31. The van der Waals surface area contributed by atoms with E-state index in [1.807, 2.05) is 85.1 Å². The van der Waals surface area contributed by atoms with E-state index in [9.17, 15) is 4.79 Å². The summed E-state index contributed by atoms with van der Waals surface area (Å²) in [4.78, 5) is 16.2. The Bertz CT molecular complexity index is 1600. The minimum absolute atomic E-state index is 0.332. The molecule has 0 aliphatic carbocycles. The summed E-state index contributed by atoms with van der Waals surface area (Å²) in [5, 5.41) is 15.9. The summed E-state index contributed by atoms with van der Waals surface area (Å²) in [6.45, 7) is 0.850. The molecule has 7 heteroatoms. The van der Waals surface area contributed by atoms with Gasteiger partial charge >= 0.3 is 0 Å². The fraction of sp³-hybridized carbons (Fsp3) is 0.0667. The molecule has 0 saturated carbocycles. The monoisotopic (exact) mass is 509 g/mol. The Morgan fingerprint density at radius 2 is 1.70 bits per heavy atom. The molecule has 0 saturated heterocycles. The fourth-order valence-electron chi connectivity index (χ4n) is 4.09. The Hall–Kier alpha value is -4.39. The molecule has 0 aliphatic rings. The second-order valence-electron chi connectivity index (χ2n) is 8.52. The number of fused-ring (bicyclic) bond motifs is 2. The van der Waals surface area contributed by atoms with Crippen molar-refractivity contribution in [3.05, 3.63) is 119 Å². The smallest absolute Gasteiger partial charge is 0.274 e. The molecule has 184 valence electrons. The van der Waals surface area contributed by atoms with Crippen LogP contribution in [0, 0.1) is 0 Å². The van der Waals surface area contributed by atoms with E-state index in [-0.39, 0.29) is 0 Å². The van der Waals surface area contributed by atoms with Crippen LogP contribution in [0.5, 0.6) is 5.75 Å². The molecule has 1 heterocycles. The first-order chi connectivity index (χ1) is 18.1. The molecule has 1 amide bonds. The first-order valence-corrected chi connectivity index (χ1v) is 12.1. The molecule has 0 radical (unpaired) electrons. The zero-order valence-electron chi connectivity index (χ0n) is 19.8. The zero-order valence-corrected chi connectivity index (χ0v) is 20.6. The number of anilines is 1. The number of carbonyl (C=O) groups is 1. The quantitative estimate of drug-likeness (QED) is 0.159. The summed E-state index contributed by atoms with van der Waals surface area (Å²) in [5.74, 6) is 0.187. The highest BCUT2D eigenvalue weighted by Gasteiger charge is 2.09. The Labute approximate surface area is 219 Å². The van der Waals surface area contributed by atoms with Crippen molar-refractivity contribution in [2.45, 2.75) is 0 Å². The number of rotatable bonds is 8. The fourth-order valence-corrected chi connectivity index (χ4v) is 4.32. The number of aromatic nitrogens is 1. The first-order valence-electron chi connectivity index (χ1n) is 11.7. The van der Waals surface area contributed by atoms with Crippen molar-refractivity contribution in [1.82, 2.24) is 10.5 Å². The summed E-state index contributed by atoms with van der Waals surface area (Å²) in [6, 6.07) is 28.6. The van der Waals surface area contributed by atoms with E-state index in [1.165, 1.54) is 0 Å². The lowest BCUT2D eigenvalue weighted by Gasteiger charge is -2.15. The number of hydrogen-bond donors (Lipinski definition) is 3.